The van der Waals surface area contributed by atoms with E-state index in [1.807, 2.05) is 16.5 Å². The molecule has 0 saturated carbocycles. The van der Waals surface area contributed by atoms with Gasteiger partial charge in [-0.3, -0.25) is 3.97 Å². The summed E-state index contributed by atoms with van der Waals surface area (Å²) in [5, 5.41) is 0. The molecule has 1 aromatic heterocycles. The Hall–Kier alpha value is -0.0900. The molecule has 1 aromatic rings. The highest BCUT2D eigenvalue weighted by Crippen LogP contribution is 2.30. The van der Waals surface area contributed by atoms with Crippen molar-refractivity contribution in [2.75, 3.05) is 5.75 Å². The van der Waals surface area contributed by atoms with Gasteiger partial charge in [-0.05, 0) is 5.75 Å². The Morgan fingerprint density at radius 1 is 1.78 bits per heavy atom. The number of aromatic nitrogens is 2. The molecule has 0 aliphatic carbocycles. The summed E-state index contributed by atoms with van der Waals surface area (Å²) in [5.74, 6) is 1.09. The van der Waals surface area contributed by atoms with E-state index in [0.717, 1.165) is 5.75 Å². The van der Waals surface area contributed by atoms with E-state index in [0.29, 0.717) is 0 Å². The van der Waals surface area contributed by atoms with Gasteiger partial charge in [0.1, 0.15) is 6.33 Å². The quantitative estimate of drug-likeness (QED) is 0.498. The summed E-state index contributed by atoms with van der Waals surface area (Å²) in [6.45, 7) is 2.12. The largest absolute Gasteiger partial charge is 0.293 e. The fraction of sp³-hybridized carbons (Fsp3) is 0.400. The van der Waals surface area contributed by atoms with E-state index in [4.69, 9.17) is 0 Å². The average Bonchev–Trinajstić information content (AvgIpc) is 2.37. The molecule has 1 rings (SSSR count). The molecule has 0 spiro atoms. The fourth-order valence-electron chi connectivity index (χ4n) is 0.552. The Morgan fingerprint density at radius 3 is 3.00 bits per heavy atom. The van der Waals surface area contributed by atoms with Crippen LogP contribution >= 0.6 is 21.8 Å². The van der Waals surface area contributed by atoms with Crippen molar-refractivity contribution in [2.45, 2.75) is 6.92 Å². The van der Waals surface area contributed by atoms with Crippen molar-refractivity contribution in [3.8, 4) is 0 Å². The predicted octanol–water partition coefficient (Wildman–Crippen LogP) is 1.51. The first-order valence-electron chi connectivity index (χ1n) is 2.79. The van der Waals surface area contributed by atoms with Gasteiger partial charge in [-0.15, -0.1) is 21.8 Å². The van der Waals surface area contributed by atoms with Gasteiger partial charge >= 0.3 is 0 Å². The van der Waals surface area contributed by atoms with Crippen molar-refractivity contribution >= 4 is 21.8 Å². The molecular formula is C5H10N2S2. The lowest BCUT2D eigenvalue weighted by Crippen LogP contribution is -1.87. The molecule has 0 aliphatic rings. The lowest BCUT2D eigenvalue weighted by atomic mass is 11.0. The number of hydrogen-bond acceptors (Lipinski definition) is 2. The van der Waals surface area contributed by atoms with E-state index in [1.165, 1.54) is 0 Å². The minimum atomic E-state index is -0.288. The second-order valence-electron chi connectivity index (χ2n) is 1.63. The van der Waals surface area contributed by atoms with Gasteiger partial charge in [0.2, 0.25) is 0 Å². The molecule has 9 heavy (non-hydrogen) atoms. The maximum absolute atomic E-state index is 4.37. The highest BCUT2D eigenvalue weighted by atomic mass is 33.1. The van der Waals surface area contributed by atoms with Crippen LogP contribution in [0.3, 0.4) is 0 Å². The predicted molar refractivity (Wildman–Crippen MR) is 46.1 cm³/mol. The van der Waals surface area contributed by atoms with Gasteiger partial charge in [-0.25, -0.2) is 4.98 Å². The summed E-state index contributed by atoms with van der Waals surface area (Å²) in [5.41, 5.74) is 0. The van der Waals surface area contributed by atoms with Crippen molar-refractivity contribution in [3.63, 3.8) is 0 Å². The van der Waals surface area contributed by atoms with Crippen LogP contribution in [0.2, 0.25) is 0 Å². The number of nitrogens with zero attached hydrogens (tertiary/aromatic N) is 2. The molecule has 0 aliphatic heterocycles. The molecule has 2 nitrogen and oxygen atoms in total. The summed E-state index contributed by atoms with van der Waals surface area (Å²) in [7, 11) is -0.288. The first-order chi connectivity index (χ1) is 4.34. The molecule has 1 unspecified atom stereocenters. The standard InChI is InChI=1S/C5H10N2S2/c1-2-9(8)7-4-3-6-5-7/h3-5,8-9H,2H2,1H3. The van der Waals surface area contributed by atoms with E-state index in [1.54, 1.807) is 6.20 Å². The van der Waals surface area contributed by atoms with E-state index in [9.17, 15) is 0 Å². The monoisotopic (exact) mass is 162 g/mol. The van der Waals surface area contributed by atoms with Gasteiger partial charge in [0.05, 0.1) is 0 Å². The van der Waals surface area contributed by atoms with Crippen LogP contribution < -0.4 is 0 Å². The van der Waals surface area contributed by atoms with Crippen molar-refractivity contribution in [3.05, 3.63) is 18.7 Å². The lowest BCUT2D eigenvalue weighted by molar-refractivity contribution is 1.22. The number of thiol groups is 2. The molecule has 1 atom stereocenters. The number of imidazole rings is 1. The lowest BCUT2D eigenvalue weighted by Gasteiger charge is -2.12. The average molecular weight is 162 g/mol. The van der Waals surface area contributed by atoms with Crippen molar-refractivity contribution in [1.29, 1.82) is 0 Å². The third-order valence-corrected chi connectivity index (χ3v) is 3.84. The van der Waals surface area contributed by atoms with E-state index in [-0.39, 0.29) is 10.1 Å². The van der Waals surface area contributed by atoms with Crippen LogP contribution in [0.15, 0.2) is 18.7 Å². The van der Waals surface area contributed by atoms with E-state index < -0.39 is 0 Å². The van der Waals surface area contributed by atoms with Crippen LogP contribution in [-0.2, 0) is 0 Å². The van der Waals surface area contributed by atoms with E-state index >= 15 is 0 Å². The minimum Gasteiger partial charge on any atom is -0.293 e. The molecule has 1 heterocycles. The zero-order valence-electron chi connectivity index (χ0n) is 5.23. The molecule has 0 N–H and O–H groups in total. The summed E-state index contributed by atoms with van der Waals surface area (Å²) in [4.78, 5) is 3.92. The van der Waals surface area contributed by atoms with Gasteiger partial charge in [0.15, 0.2) is 0 Å². The van der Waals surface area contributed by atoms with Crippen molar-refractivity contribution in [1.82, 2.24) is 8.96 Å². The second-order valence-corrected chi connectivity index (χ2v) is 4.86. The SMILES string of the molecule is CC[SH](S)n1ccnc1. The molecule has 0 bridgehead atoms. The Bertz CT molecular complexity index is 161. The molecule has 0 fully saturated rings. The summed E-state index contributed by atoms with van der Waals surface area (Å²) in [6.07, 6.45) is 5.53. The van der Waals surface area contributed by atoms with Crippen molar-refractivity contribution in [2.24, 2.45) is 0 Å². The van der Waals surface area contributed by atoms with Crippen LogP contribution in [0.1, 0.15) is 6.92 Å². The van der Waals surface area contributed by atoms with Gasteiger partial charge in [-0.1, -0.05) is 6.92 Å². The summed E-state index contributed by atoms with van der Waals surface area (Å²) < 4.78 is 2.04. The van der Waals surface area contributed by atoms with Gasteiger partial charge in [0, 0.05) is 12.4 Å². The fourth-order valence-corrected chi connectivity index (χ4v) is 1.59. The highest BCUT2D eigenvalue weighted by molar-refractivity contribution is 8.77. The maximum Gasteiger partial charge on any atom is 0.104 e. The topological polar surface area (TPSA) is 17.8 Å². The molecule has 0 amide bonds. The Morgan fingerprint density at radius 2 is 2.56 bits per heavy atom. The summed E-state index contributed by atoms with van der Waals surface area (Å²) in [6, 6.07) is 0. The normalized spacial score (nSPS) is 15.6. The number of hydrogen-bond donors (Lipinski definition) is 2. The molecule has 0 saturated heterocycles. The van der Waals surface area contributed by atoms with Gasteiger partial charge < -0.3 is 0 Å². The Labute approximate surface area is 62.6 Å². The number of rotatable bonds is 2. The molecule has 0 radical (unpaired) electrons. The second kappa shape index (κ2) is 3.17. The Balaban J connectivity index is 2.65. The molecule has 4 heteroatoms. The van der Waals surface area contributed by atoms with Crippen LogP contribution in [0.25, 0.3) is 0 Å². The van der Waals surface area contributed by atoms with Crippen LogP contribution in [-0.4, -0.2) is 14.7 Å². The van der Waals surface area contributed by atoms with Crippen LogP contribution in [0.4, 0.5) is 0 Å². The minimum absolute atomic E-state index is 0.288. The van der Waals surface area contributed by atoms with Gasteiger partial charge in [-0.2, -0.15) is 0 Å². The van der Waals surface area contributed by atoms with Crippen molar-refractivity contribution < 1.29 is 0 Å². The van der Waals surface area contributed by atoms with Crippen LogP contribution in [0, 0.1) is 0 Å². The Kier molecular flexibility index (Phi) is 2.48. The first-order valence-corrected chi connectivity index (χ1v) is 5.42. The smallest absolute Gasteiger partial charge is 0.104 e. The molecule has 52 valence electrons. The zero-order valence-corrected chi connectivity index (χ0v) is 7.02. The first kappa shape index (κ1) is 7.02. The molecule has 0 aromatic carbocycles. The highest BCUT2D eigenvalue weighted by Gasteiger charge is 1.92. The third kappa shape index (κ3) is 1.66. The van der Waals surface area contributed by atoms with Crippen LogP contribution in [0.5, 0.6) is 0 Å². The van der Waals surface area contributed by atoms with Gasteiger partial charge in [0.25, 0.3) is 0 Å². The maximum atomic E-state index is 4.37. The summed E-state index contributed by atoms with van der Waals surface area (Å²) >= 11 is 4.37. The van der Waals surface area contributed by atoms with E-state index in [2.05, 4.69) is 23.6 Å². The zero-order chi connectivity index (χ0) is 6.69. The third-order valence-electron chi connectivity index (χ3n) is 1.04. The molecular weight excluding hydrogens is 152 g/mol.